The highest BCUT2D eigenvalue weighted by Gasteiger charge is 2.39. The van der Waals surface area contributed by atoms with Gasteiger partial charge in [-0.1, -0.05) is 36.8 Å². The molecule has 0 aromatic heterocycles. The minimum Gasteiger partial charge on any atom is -0.505 e. The summed E-state index contributed by atoms with van der Waals surface area (Å²) in [6.45, 7) is 3.25. The molecule has 3 nitrogen and oxygen atoms in total. The Bertz CT molecular complexity index is 496. The Morgan fingerprint density at radius 3 is 2.62 bits per heavy atom. The van der Waals surface area contributed by atoms with Gasteiger partial charge in [0.25, 0.3) is 0 Å². The minimum atomic E-state index is 0.360. The van der Waals surface area contributed by atoms with Crippen LogP contribution in [0.3, 0.4) is 0 Å². The zero-order chi connectivity index (χ0) is 16.6. The van der Waals surface area contributed by atoms with Crippen LogP contribution in [0.1, 0.15) is 44.1 Å². The molecular weight excluding hydrogens is 298 g/mol. The van der Waals surface area contributed by atoms with Gasteiger partial charge < -0.3 is 14.4 Å². The molecule has 0 N–H and O–H groups in total. The van der Waals surface area contributed by atoms with E-state index in [-0.39, 0.29) is 0 Å². The summed E-state index contributed by atoms with van der Waals surface area (Å²) in [5.74, 6) is 0.582. The molecule has 3 atom stereocenters. The first-order chi connectivity index (χ1) is 11.9. The minimum absolute atomic E-state index is 0.360. The Balaban J connectivity index is 1.61. The van der Waals surface area contributed by atoms with E-state index in [9.17, 15) is 0 Å². The molecule has 0 unspecified atom stereocenters. The number of nitrogens with zero attached hydrogens (tertiary/aromatic N) is 1. The van der Waals surface area contributed by atoms with Gasteiger partial charge in [-0.15, -0.1) is 0 Å². The Morgan fingerprint density at radius 1 is 1.08 bits per heavy atom. The number of benzene rings is 1. The Kier molecular flexibility index (Phi) is 6.74. The van der Waals surface area contributed by atoms with E-state index in [0.717, 1.165) is 13.0 Å². The standard InChI is InChI=1S/C21H31NO2/c1-23-16-8-11-19-20(22-14-6-3-7-15-22)12-13-21(19)24-17-18-9-4-2-5-10-18/h2,4-5,8-10,16,19-21H,3,6-7,11-15,17H2,1H3/t19-,20+,21+/m0/s1. The van der Waals surface area contributed by atoms with Gasteiger partial charge in [0.15, 0.2) is 0 Å². The third-order valence-electron chi connectivity index (χ3n) is 5.53. The van der Waals surface area contributed by atoms with Gasteiger partial charge in [-0.3, -0.25) is 0 Å². The van der Waals surface area contributed by atoms with Crippen LogP contribution in [0.5, 0.6) is 0 Å². The Morgan fingerprint density at radius 2 is 1.88 bits per heavy atom. The van der Waals surface area contributed by atoms with E-state index in [0.29, 0.717) is 18.1 Å². The molecule has 0 amide bonds. The van der Waals surface area contributed by atoms with Gasteiger partial charge in [0.05, 0.1) is 26.1 Å². The molecule has 1 aliphatic carbocycles. The molecule has 132 valence electrons. The molecule has 0 spiro atoms. The molecule has 24 heavy (non-hydrogen) atoms. The predicted octanol–water partition coefficient (Wildman–Crippen LogP) is 4.39. The van der Waals surface area contributed by atoms with Gasteiger partial charge in [0.2, 0.25) is 0 Å². The zero-order valence-electron chi connectivity index (χ0n) is 14.9. The number of likely N-dealkylation sites (tertiary alicyclic amines) is 1. The van der Waals surface area contributed by atoms with Gasteiger partial charge >= 0.3 is 0 Å². The third kappa shape index (κ3) is 4.61. The van der Waals surface area contributed by atoms with Crippen LogP contribution in [0.4, 0.5) is 0 Å². The fourth-order valence-corrected chi connectivity index (χ4v) is 4.32. The number of hydrogen-bond donors (Lipinski definition) is 0. The number of piperidine rings is 1. The lowest BCUT2D eigenvalue weighted by molar-refractivity contribution is -0.000262. The van der Waals surface area contributed by atoms with E-state index in [1.807, 2.05) is 6.26 Å². The first kappa shape index (κ1) is 17.5. The highest BCUT2D eigenvalue weighted by Crippen LogP contribution is 2.36. The lowest BCUT2D eigenvalue weighted by atomic mass is 9.94. The van der Waals surface area contributed by atoms with Crippen LogP contribution in [0, 0.1) is 5.92 Å². The number of allylic oxidation sites excluding steroid dienone is 1. The van der Waals surface area contributed by atoms with Crippen molar-refractivity contribution in [2.24, 2.45) is 5.92 Å². The lowest BCUT2D eigenvalue weighted by Crippen LogP contribution is -2.43. The van der Waals surface area contributed by atoms with Crippen LogP contribution >= 0.6 is 0 Å². The summed E-state index contributed by atoms with van der Waals surface area (Å²) >= 11 is 0. The quantitative estimate of drug-likeness (QED) is 0.693. The monoisotopic (exact) mass is 329 g/mol. The topological polar surface area (TPSA) is 21.7 Å². The zero-order valence-corrected chi connectivity index (χ0v) is 14.9. The summed E-state index contributed by atoms with van der Waals surface area (Å²) in [4.78, 5) is 2.72. The van der Waals surface area contributed by atoms with Gasteiger partial charge in [0, 0.05) is 12.0 Å². The first-order valence-electron chi connectivity index (χ1n) is 9.46. The van der Waals surface area contributed by atoms with E-state index in [4.69, 9.17) is 9.47 Å². The summed E-state index contributed by atoms with van der Waals surface area (Å²) in [5.41, 5.74) is 1.27. The molecule has 3 rings (SSSR count). The molecule has 0 bridgehead atoms. The third-order valence-corrected chi connectivity index (χ3v) is 5.53. The van der Waals surface area contributed by atoms with Crippen LogP contribution in [0.25, 0.3) is 0 Å². The number of methoxy groups -OCH3 is 1. The van der Waals surface area contributed by atoms with Crippen LogP contribution in [-0.2, 0) is 16.1 Å². The summed E-state index contributed by atoms with van der Waals surface area (Å²) < 4.78 is 11.5. The maximum absolute atomic E-state index is 6.35. The van der Waals surface area contributed by atoms with Gasteiger partial charge in [-0.2, -0.15) is 0 Å². The fourth-order valence-electron chi connectivity index (χ4n) is 4.32. The average Bonchev–Trinajstić information content (AvgIpc) is 3.05. The molecule has 1 aromatic rings. The molecule has 2 fully saturated rings. The smallest absolute Gasteiger partial charge is 0.0784 e. The first-order valence-corrected chi connectivity index (χ1v) is 9.46. The van der Waals surface area contributed by atoms with Crippen LogP contribution in [0.15, 0.2) is 42.7 Å². The summed E-state index contributed by atoms with van der Waals surface area (Å²) in [6.07, 6.45) is 12.0. The Hall–Kier alpha value is -1.32. The number of hydrogen-bond acceptors (Lipinski definition) is 3. The van der Waals surface area contributed by atoms with Gasteiger partial charge in [-0.05, 0) is 56.8 Å². The van der Waals surface area contributed by atoms with Crippen molar-refractivity contribution in [2.75, 3.05) is 20.2 Å². The summed E-state index contributed by atoms with van der Waals surface area (Å²) in [7, 11) is 1.72. The van der Waals surface area contributed by atoms with E-state index in [1.54, 1.807) is 7.11 Å². The molecule has 3 heteroatoms. The Labute approximate surface area is 146 Å². The van der Waals surface area contributed by atoms with Crippen molar-refractivity contribution in [2.45, 2.75) is 57.3 Å². The van der Waals surface area contributed by atoms with E-state index >= 15 is 0 Å². The van der Waals surface area contributed by atoms with Crippen molar-refractivity contribution in [1.29, 1.82) is 0 Å². The van der Waals surface area contributed by atoms with E-state index in [2.05, 4.69) is 41.3 Å². The molecule has 1 saturated heterocycles. The molecule has 1 saturated carbocycles. The second-order valence-electron chi connectivity index (χ2n) is 7.08. The van der Waals surface area contributed by atoms with Crippen molar-refractivity contribution in [3.63, 3.8) is 0 Å². The molecule has 1 heterocycles. The van der Waals surface area contributed by atoms with E-state index < -0.39 is 0 Å². The summed E-state index contributed by atoms with van der Waals surface area (Å²) in [6, 6.07) is 11.2. The molecule has 1 aromatic carbocycles. The lowest BCUT2D eigenvalue weighted by Gasteiger charge is -2.36. The van der Waals surface area contributed by atoms with E-state index in [1.165, 1.54) is 50.8 Å². The fraction of sp³-hybridized carbons (Fsp3) is 0.619. The maximum atomic E-state index is 6.35. The SMILES string of the molecule is COC=CC[C@H]1[C@H](N2CCCCC2)CC[C@H]1OCc1ccccc1. The van der Waals surface area contributed by atoms with Crippen LogP contribution < -0.4 is 0 Å². The second kappa shape index (κ2) is 9.24. The average molecular weight is 329 g/mol. The van der Waals surface area contributed by atoms with Gasteiger partial charge in [-0.25, -0.2) is 0 Å². The maximum Gasteiger partial charge on any atom is 0.0784 e. The van der Waals surface area contributed by atoms with Crippen molar-refractivity contribution in [3.05, 3.63) is 48.2 Å². The summed E-state index contributed by atoms with van der Waals surface area (Å²) in [5, 5.41) is 0. The number of ether oxygens (including phenoxy) is 2. The van der Waals surface area contributed by atoms with Crippen LogP contribution in [0.2, 0.25) is 0 Å². The van der Waals surface area contributed by atoms with Crippen molar-refractivity contribution in [1.82, 2.24) is 4.90 Å². The molecular formula is C21H31NO2. The molecule has 1 aliphatic heterocycles. The van der Waals surface area contributed by atoms with Crippen molar-refractivity contribution in [3.8, 4) is 0 Å². The normalized spacial score (nSPS) is 28.5. The largest absolute Gasteiger partial charge is 0.505 e. The van der Waals surface area contributed by atoms with Crippen LogP contribution in [-0.4, -0.2) is 37.2 Å². The van der Waals surface area contributed by atoms with Gasteiger partial charge in [0.1, 0.15) is 0 Å². The highest BCUT2D eigenvalue weighted by atomic mass is 16.5. The highest BCUT2D eigenvalue weighted by molar-refractivity contribution is 5.13. The molecule has 2 aliphatic rings. The second-order valence-corrected chi connectivity index (χ2v) is 7.08. The van der Waals surface area contributed by atoms with Crippen molar-refractivity contribution >= 4 is 0 Å². The predicted molar refractivity (Wildman–Crippen MR) is 97.7 cm³/mol. The number of rotatable bonds is 7. The van der Waals surface area contributed by atoms with Crippen molar-refractivity contribution < 1.29 is 9.47 Å². The molecule has 0 radical (unpaired) electrons.